The Labute approximate surface area is 219 Å². The van der Waals surface area contributed by atoms with Gasteiger partial charge in [0.05, 0.1) is 18.6 Å². The van der Waals surface area contributed by atoms with Crippen LogP contribution >= 0.6 is 11.6 Å². The Morgan fingerprint density at radius 3 is 2.33 bits per heavy atom. The van der Waals surface area contributed by atoms with Gasteiger partial charge in [0.2, 0.25) is 21.8 Å². The minimum atomic E-state index is -3.57. The molecular formula is C26H36ClN3O5S. The standard InChI is InChI=1S/C26H36ClN3O5S/c1-5-17-28-26(32)20(3)29(19-21-10-7-8-11-24(21)27)25(31)12-9-18-30(36(4,33)34)22-13-15-23(16-14-22)35-6-2/h7-8,10-11,13-16,20H,5-6,9,12,17-19H2,1-4H3,(H,28,32). The van der Waals surface area contributed by atoms with Crippen molar-refractivity contribution in [2.45, 2.75) is 52.6 Å². The van der Waals surface area contributed by atoms with Crippen molar-refractivity contribution in [2.75, 3.05) is 30.3 Å². The molecule has 0 aromatic heterocycles. The average molecular weight is 538 g/mol. The van der Waals surface area contributed by atoms with E-state index in [9.17, 15) is 18.0 Å². The first-order chi connectivity index (χ1) is 17.1. The number of benzene rings is 2. The molecule has 1 N–H and O–H groups in total. The van der Waals surface area contributed by atoms with Gasteiger partial charge >= 0.3 is 0 Å². The molecule has 0 bridgehead atoms. The molecule has 0 saturated carbocycles. The number of anilines is 1. The summed E-state index contributed by atoms with van der Waals surface area (Å²) < 4.78 is 31.6. The maximum Gasteiger partial charge on any atom is 0.242 e. The average Bonchev–Trinajstić information content (AvgIpc) is 2.84. The molecule has 0 heterocycles. The van der Waals surface area contributed by atoms with E-state index < -0.39 is 16.1 Å². The number of hydrogen-bond acceptors (Lipinski definition) is 5. The van der Waals surface area contributed by atoms with Crippen LogP contribution in [0.25, 0.3) is 0 Å². The second-order valence-corrected chi connectivity index (χ2v) is 10.8. The molecule has 0 aliphatic carbocycles. The molecule has 2 aromatic rings. The highest BCUT2D eigenvalue weighted by Crippen LogP contribution is 2.23. The number of sulfonamides is 1. The summed E-state index contributed by atoms with van der Waals surface area (Å²) in [4.78, 5) is 27.4. The van der Waals surface area contributed by atoms with E-state index in [0.29, 0.717) is 29.6 Å². The van der Waals surface area contributed by atoms with Crippen molar-refractivity contribution in [3.05, 3.63) is 59.1 Å². The van der Waals surface area contributed by atoms with Crippen LogP contribution in [0.3, 0.4) is 0 Å². The molecule has 2 amide bonds. The summed E-state index contributed by atoms with van der Waals surface area (Å²) in [6.07, 6.45) is 2.26. The SMILES string of the molecule is CCCNC(=O)C(C)N(Cc1ccccc1Cl)C(=O)CCCN(c1ccc(OCC)cc1)S(C)(=O)=O. The highest BCUT2D eigenvalue weighted by Gasteiger charge is 2.27. The van der Waals surface area contributed by atoms with Crippen molar-refractivity contribution in [1.29, 1.82) is 0 Å². The lowest BCUT2D eigenvalue weighted by atomic mass is 10.1. The van der Waals surface area contributed by atoms with Gasteiger partial charge in [0.1, 0.15) is 11.8 Å². The van der Waals surface area contributed by atoms with Crippen LogP contribution in [-0.4, -0.2) is 57.1 Å². The summed E-state index contributed by atoms with van der Waals surface area (Å²) in [5.74, 6) is 0.147. The molecule has 0 saturated heterocycles. The topological polar surface area (TPSA) is 96.0 Å². The lowest BCUT2D eigenvalue weighted by Crippen LogP contribution is -2.47. The first-order valence-electron chi connectivity index (χ1n) is 12.1. The van der Waals surface area contributed by atoms with Crippen molar-refractivity contribution in [2.24, 2.45) is 0 Å². The molecule has 36 heavy (non-hydrogen) atoms. The molecule has 198 valence electrons. The third-order valence-corrected chi connectivity index (χ3v) is 7.17. The van der Waals surface area contributed by atoms with E-state index in [4.69, 9.17) is 16.3 Å². The molecule has 0 aliphatic rings. The molecular weight excluding hydrogens is 502 g/mol. The van der Waals surface area contributed by atoms with E-state index in [2.05, 4.69) is 5.32 Å². The van der Waals surface area contributed by atoms with E-state index in [1.54, 1.807) is 43.3 Å². The number of rotatable bonds is 14. The summed E-state index contributed by atoms with van der Waals surface area (Å²) in [6.45, 7) is 6.83. The second-order valence-electron chi connectivity index (χ2n) is 8.45. The van der Waals surface area contributed by atoms with Crippen LogP contribution in [0.4, 0.5) is 5.69 Å². The Morgan fingerprint density at radius 1 is 1.08 bits per heavy atom. The normalized spacial score (nSPS) is 12.0. The predicted molar refractivity (Wildman–Crippen MR) is 144 cm³/mol. The lowest BCUT2D eigenvalue weighted by Gasteiger charge is -2.29. The van der Waals surface area contributed by atoms with Crippen LogP contribution in [0.15, 0.2) is 48.5 Å². The van der Waals surface area contributed by atoms with Gasteiger partial charge < -0.3 is 15.0 Å². The molecule has 0 fully saturated rings. The van der Waals surface area contributed by atoms with Gasteiger partial charge in [-0.05, 0) is 62.6 Å². The van der Waals surface area contributed by atoms with Gasteiger partial charge in [-0.15, -0.1) is 0 Å². The first kappa shape index (κ1) is 29.5. The third-order valence-electron chi connectivity index (χ3n) is 5.60. The fourth-order valence-corrected chi connectivity index (χ4v) is 4.83. The van der Waals surface area contributed by atoms with Crippen molar-refractivity contribution < 1.29 is 22.7 Å². The number of amides is 2. The van der Waals surface area contributed by atoms with Gasteiger partial charge in [0, 0.05) is 31.1 Å². The summed E-state index contributed by atoms with van der Waals surface area (Å²) in [5.41, 5.74) is 1.23. The largest absolute Gasteiger partial charge is 0.494 e. The van der Waals surface area contributed by atoms with Crippen molar-refractivity contribution >= 4 is 39.1 Å². The summed E-state index contributed by atoms with van der Waals surface area (Å²) >= 11 is 6.31. The fraction of sp³-hybridized carbons (Fsp3) is 0.462. The molecule has 0 radical (unpaired) electrons. The molecule has 8 nitrogen and oxygen atoms in total. The van der Waals surface area contributed by atoms with Gasteiger partial charge in [-0.1, -0.05) is 36.7 Å². The van der Waals surface area contributed by atoms with Crippen LogP contribution < -0.4 is 14.4 Å². The number of carbonyl (C=O) groups is 2. The number of halogens is 1. The zero-order valence-corrected chi connectivity index (χ0v) is 22.9. The van der Waals surface area contributed by atoms with Gasteiger partial charge in [-0.25, -0.2) is 8.42 Å². The number of carbonyl (C=O) groups excluding carboxylic acids is 2. The van der Waals surface area contributed by atoms with Crippen LogP contribution in [0.5, 0.6) is 5.75 Å². The Hall–Kier alpha value is -2.78. The minimum absolute atomic E-state index is 0.0684. The van der Waals surface area contributed by atoms with Gasteiger partial charge in [0.25, 0.3) is 0 Å². The quantitative estimate of drug-likeness (QED) is 0.389. The molecule has 1 unspecified atom stereocenters. The van der Waals surface area contributed by atoms with Gasteiger partial charge in [-0.2, -0.15) is 0 Å². The summed E-state index contributed by atoms with van der Waals surface area (Å²) in [5, 5.41) is 3.34. The van der Waals surface area contributed by atoms with Crippen LogP contribution in [-0.2, 0) is 26.2 Å². The van der Waals surface area contributed by atoms with Crippen LogP contribution in [0.1, 0.15) is 45.6 Å². The molecule has 10 heteroatoms. The Bertz CT molecular complexity index is 1110. The summed E-state index contributed by atoms with van der Waals surface area (Å²) in [7, 11) is -3.57. The lowest BCUT2D eigenvalue weighted by molar-refractivity contribution is -0.140. The van der Waals surface area contributed by atoms with Gasteiger partial charge in [-0.3, -0.25) is 13.9 Å². The fourth-order valence-electron chi connectivity index (χ4n) is 3.67. The maximum absolute atomic E-state index is 13.3. The predicted octanol–water partition coefficient (Wildman–Crippen LogP) is 4.23. The minimum Gasteiger partial charge on any atom is -0.494 e. The van der Waals surface area contributed by atoms with Crippen molar-refractivity contribution in [1.82, 2.24) is 10.2 Å². The monoisotopic (exact) mass is 537 g/mol. The second kappa shape index (κ2) is 14.1. The molecule has 2 aromatic carbocycles. The Kier molecular flexibility index (Phi) is 11.5. The highest BCUT2D eigenvalue weighted by atomic mass is 35.5. The molecule has 0 spiro atoms. The van der Waals surface area contributed by atoms with E-state index in [1.807, 2.05) is 26.0 Å². The number of nitrogens with zero attached hydrogens (tertiary/aromatic N) is 2. The zero-order valence-electron chi connectivity index (χ0n) is 21.4. The molecule has 0 aliphatic heterocycles. The first-order valence-corrected chi connectivity index (χ1v) is 14.3. The zero-order chi connectivity index (χ0) is 26.7. The number of nitrogens with one attached hydrogen (secondary N) is 1. The van der Waals surface area contributed by atoms with Crippen LogP contribution in [0.2, 0.25) is 5.02 Å². The third kappa shape index (κ3) is 8.71. The van der Waals surface area contributed by atoms with E-state index >= 15 is 0 Å². The van der Waals surface area contributed by atoms with Crippen LogP contribution in [0, 0.1) is 0 Å². The Balaban J connectivity index is 2.15. The van der Waals surface area contributed by atoms with Crippen molar-refractivity contribution in [3.8, 4) is 5.75 Å². The van der Waals surface area contributed by atoms with Crippen molar-refractivity contribution in [3.63, 3.8) is 0 Å². The number of hydrogen-bond donors (Lipinski definition) is 1. The van der Waals surface area contributed by atoms with E-state index in [1.165, 1.54) is 9.21 Å². The highest BCUT2D eigenvalue weighted by molar-refractivity contribution is 7.92. The van der Waals surface area contributed by atoms with E-state index in [-0.39, 0.29) is 37.7 Å². The van der Waals surface area contributed by atoms with E-state index in [0.717, 1.165) is 18.2 Å². The smallest absolute Gasteiger partial charge is 0.242 e. The molecule has 1 atom stereocenters. The summed E-state index contributed by atoms with van der Waals surface area (Å²) in [6, 6.07) is 13.3. The van der Waals surface area contributed by atoms with Gasteiger partial charge in [0.15, 0.2) is 0 Å². The maximum atomic E-state index is 13.3. The number of ether oxygens (including phenoxy) is 1. The Morgan fingerprint density at radius 2 is 1.75 bits per heavy atom. The molecule has 2 rings (SSSR count).